The summed E-state index contributed by atoms with van der Waals surface area (Å²) in [6.07, 6.45) is -2.65. The number of pyridine rings is 1. The van der Waals surface area contributed by atoms with E-state index in [1.807, 2.05) is 18.2 Å². The van der Waals surface area contributed by atoms with E-state index < -0.39 is 30.2 Å². The summed E-state index contributed by atoms with van der Waals surface area (Å²) in [4.78, 5) is 28.7. The molecule has 0 bridgehead atoms. The molecule has 1 N–H and O–H groups in total. The first-order chi connectivity index (χ1) is 17.2. The first-order valence-corrected chi connectivity index (χ1v) is 10.6. The molecule has 0 saturated carbocycles. The minimum Gasteiger partial charge on any atom is -0.455 e. The van der Waals surface area contributed by atoms with E-state index in [9.17, 15) is 22.8 Å². The number of carbonyl (C=O) groups is 2. The second-order valence-corrected chi connectivity index (χ2v) is 7.49. The standard InChI is InChI=1S/C25H19F3N4O4/c1-16-19(14-30-32(16)22-12-11-17(13-29-22)25(26,27)28)24(34)35-15-23(33)31-20-9-5-6-10-21(20)36-18-7-3-2-4-8-18/h2-14H,15H2,1H3,(H,31,33). The van der Waals surface area contributed by atoms with Gasteiger partial charge >= 0.3 is 12.1 Å². The number of alkyl halides is 3. The molecule has 4 aromatic rings. The van der Waals surface area contributed by atoms with Crippen molar-refractivity contribution in [2.45, 2.75) is 13.1 Å². The minimum atomic E-state index is -4.52. The van der Waals surface area contributed by atoms with Crippen LogP contribution in [0.25, 0.3) is 5.82 Å². The molecule has 0 aliphatic rings. The van der Waals surface area contributed by atoms with Gasteiger partial charge < -0.3 is 14.8 Å². The molecule has 0 fully saturated rings. The molecule has 0 aliphatic carbocycles. The average molecular weight is 496 g/mol. The predicted octanol–water partition coefficient (Wildman–Crippen LogP) is 5.18. The Morgan fingerprint density at radius 2 is 1.69 bits per heavy atom. The molecule has 184 valence electrons. The van der Waals surface area contributed by atoms with Crippen LogP contribution in [0.4, 0.5) is 18.9 Å². The van der Waals surface area contributed by atoms with Gasteiger partial charge in [0.2, 0.25) is 0 Å². The molecule has 0 aliphatic heterocycles. The number of benzene rings is 2. The fourth-order valence-corrected chi connectivity index (χ4v) is 3.19. The molecule has 11 heteroatoms. The Bertz CT molecular complexity index is 1370. The van der Waals surface area contributed by atoms with E-state index in [0.717, 1.165) is 12.1 Å². The van der Waals surface area contributed by atoms with Crippen molar-refractivity contribution in [1.82, 2.24) is 14.8 Å². The van der Waals surface area contributed by atoms with Crippen molar-refractivity contribution < 1.29 is 32.2 Å². The lowest BCUT2D eigenvalue weighted by molar-refractivity contribution is -0.137. The van der Waals surface area contributed by atoms with Crippen LogP contribution < -0.4 is 10.1 Å². The summed E-state index contributed by atoms with van der Waals surface area (Å²) in [5.74, 6) is -0.339. The normalized spacial score (nSPS) is 11.1. The zero-order valence-electron chi connectivity index (χ0n) is 18.8. The van der Waals surface area contributed by atoms with Crippen molar-refractivity contribution in [3.8, 4) is 17.3 Å². The van der Waals surface area contributed by atoms with Gasteiger partial charge in [0.25, 0.3) is 5.91 Å². The zero-order valence-corrected chi connectivity index (χ0v) is 18.8. The van der Waals surface area contributed by atoms with Gasteiger partial charge in [0.1, 0.15) is 11.3 Å². The highest BCUT2D eigenvalue weighted by molar-refractivity contribution is 5.96. The maximum atomic E-state index is 12.8. The van der Waals surface area contributed by atoms with Crippen molar-refractivity contribution in [3.05, 3.63) is 95.9 Å². The van der Waals surface area contributed by atoms with E-state index in [-0.39, 0.29) is 17.1 Å². The molecule has 0 saturated heterocycles. The van der Waals surface area contributed by atoms with Crippen LogP contribution in [-0.4, -0.2) is 33.2 Å². The highest BCUT2D eigenvalue weighted by Gasteiger charge is 2.31. The van der Waals surface area contributed by atoms with Gasteiger partial charge in [-0.15, -0.1) is 0 Å². The van der Waals surface area contributed by atoms with Crippen molar-refractivity contribution in [3.63, 3.8) is 0 Å². The lowest BCUT2D eigenvalue weighted by Gasteiger charge is -2.12. The summed E-state index contributed by atoms with van der Waals surface area (Å²) in [5, 5.41) is 6.64. The molecular weight excluding hydrogens is 477 g/mol. The van der Waals surface area contributed by atoms with Crippen LogP contribution in [0.5, 0.6) is 11.5 Å². The number of aromatic nitrogens is 3. The van der Waals surface area contributed by atoms with E-state index in [0.29, 0.717) is 23.4 Å². The number of ether oxygens (including phenoxy) is 2. The molecule has 0 unspecified atom stereocenters. The molecule has 2 heterocycles. The first-order valence-electron chi connectivity index (χ1n) is 10.6. The Balaban J connectivity index is 1.38. The van der Waals surface area contributed by atoms with Gasteiger partial charge in [0.05, 0.1) is 23.1 Å². The van der Waals surface area contributed by atoms with E-state index in [4.69, 9.17) is 9.47 Å². The number of esters is 1. The Labute approximate surface area is 203 Å². The number of rotatable bonds is 7. The number of amides is 1. The molecule has 36 heavy (non-hydrogen) atoms. The number of hydrogen-bond acceptors (Lipinski definition) is 6. The molecule has 0 atom stereocenters. The highest BCUT2D eigenvalue weighted by Crippen LogP contribution is 2.30. The maximum absolute atomic E-state index is 12.8. The topological polar surface area (TPSA) is 95.3 Å². The molecule has 1 amide bonds. The Kier molecular flexibility index (Phi) is 7.00. The van der Waals surface area contributed by atoms with Gasteiger partial charge in [0.15, 0.2) is 18.2 Å². The molecule has 4 rings (SSSR count). The van der Waals surface area contributed by atoms with Crippen molar-refractivity contribution in [2.24, 2.45) is 0 Å². The third-order valence-corrected chi connectivity index (χ3v) is 4.99. The van der Waals surface area contributed by atoms with Crippen LogP contribution in [-0.2, 0) is 15.7 Å². The first kappa shape index (κ1) is 24.5. The Morgan fingerprint density at radius 1 is 0.972 bits per heavy atom. The summed E-state index contributed by atoms with van der Waals surface area (Å²) in [6, 6.07) is 17.8. The molecule has 0 radical (unpaired) electrons. The number of para-hydroxylation sites is 3. The van der Waals surface area contributed by atoms with Gasteiger partial charge in [0, 0.05) is 6.20 Å². The van der Waals surface area contributed by atoms with Gasteiger partial charge in [-0.05, 0) is 43.3 Å². The minimum absolute atomic E-state index is 0.0392. The quantitative estimate of drug-likeness (QED) is 0.354. The van der Waals surface area contributed by atoms with Crippen LogP contribution >= 0.6 is 0 Å². The van der Waals surface area contributed by atoms with Gasteiger partial charge in [-0.2, -0.15) is 18.3 Å². The highest BCUT2D eigenvalue weighted by atomic mass is 19.4. The average Bonchev–Trinajstić information content (AvgIpc) is 3.25. The van der Waals surface area contributed by atoms with E-state index in [2.05, 4.69) is 15.4 Å². The zero-order chi connectivity index (χ0) is 25.7. The van der Waals surface area contributed by atoms with Crippen LogP contribution in [0.3, 0.4) is 0 Å². The lowest BCUT2D eigenvalue weighted by Crippen LogP contribution is -2.21. The molecular formula is C25H19F3N4O4. The number of halogens is 3. The van der Waals surface area contributed by atoms with E-state index in [1.165, 1.54) is 17.8 Å². The summed E-state index contributed by atoms with van der Waals surface area (Å²) >= 11 is 0. The van der Waals surface area contributed by atoms with Crippen molar-refractivity contribution in [1.29, 1.82) is 0 Å². The molecule has 8 nitrogen and oxygen atoms in total. The van der Waals surface area contributed by atoms with E-state index in [1.54, 1.807) is 36.4 Å². The smallest absolute Gasteiger partial charge is 0.417 e. The van der Waals surface area contributed by atoms with Crippen LogP contribution in [0.15, 0.2) is 79.1 Å². The second kappa shape index (κ2) is 10.3. The Morgan fingerprint density at radius 3 is 2.39 bits per heavy atom. The largest absolute Gasteiger partial charge is 0.455 e. The van der Waals surface area contributed by atoms with Gasteiger partial charge in [-0.3, -0.25) is 4.79 Å². The van der Waals surface area contributed by atoms with Crippen LogP contribution in [0.2, 0.25) is 0 Å². The van der Waals surface area contributed by atoms with E-state index >= 15 is 0 Å². The molecule has 2 aromatic carbocycles. The predicted molar refractivity (Wildman–Crippen MR) is 123 cm³/mol. The number of hydrogen-bond donors (Lipinski definition) is 1. The van der Waals surface area contributed by atoms with Crippen molar-refractivity contribution in [2.75, 3.05) is 11.9 Å². The summed E-state index contributed by atoms with van der Waals surface area (Å²) < 4.78 is 50.4. The molecule has 2 aromatic heterocycles. The fourth-order valence-electron chi connectivity index (χ4n) is 3.19. The number of carbonyl (C=O) groups excluding carboxylic acids is 2. The lowest BCUT2D eigenvalue weighted by atomic mass is 10.2. The summed E-state index contributed by atoms with van der Waals surface area (Å²) in [6.45, 7) is 0.946. The van der Waals surface area contributed by atoms with Crippen LogP contribution in [0, 0.1) is 6.92 Å². The monoisotopic (exact) mass is 496 g/mol. The number of nitrogens with zero attached hydrogens (tertiary/aromatic N) is 3. The summed E-state index contributed by atoms with van der Waals surface area (Å²) in [5.41, 5.74) is -0.191. The Hall–Kier alpha value is -4.67. The maximum Gasteiger partial charge on any atom is 0.417 e. The SMILES string of the molecule is Cc1c(C(=O)OCC(=O)Nc2ccccc2Oc2ccccc2)cnn1-c1ccc(C(F)(F)F)cn1. The molecule has 0 spiro atoms. The summed E-state index contributed by atoms with van der Waals surface area (Å²) in [7, 11) is 0. The second-order valence-electron chi connectivity index (χ2n) is 7.49. The van der Waals surface area contributed by atoms with Gasteiger partial charge in [-0.1, -0.05) is 30.3 Å². The third-order valence-electron chi connectivity index (χ3n) is 4.99. The van der Waals surface area contributed by atoms with Crippen LogP contribution in [0.1, 0.15) is 21.6 Å². The van der Waals surface area contributed by atoms with Crippen molar-refractivity contribution >= 4 is 17.6 Å². The number of nitrogens with one attached hydrogen (secondary N) is 1. The van der Waals surface area contributed by atoms with Gasteiger partial charge in [-0.25, -0.2) is 14.5 Å². The fraction of sp³-hybridized carbons (Fsp3) is 0.120. The third kappa shape index (κ3) is 5.69. The number of anilines is 1.